The molecule has 0 saturated carbocycles. The largest absolute Gasteiger partial charge is 0.358 e. The lowest BCUT2D eigenvalue weighted by atomic mass is 10.1. The van der Waals surface area contributed by atoms with Gasteiger partial charge in [0.25, 0.3) is 0 Å². The Hall–Kier alpha value is -1.73. The first-order chi connectivity index (χ1) is 9.38. The molecule has 0 bridgehead atoms. The van der Waals surface area contributed by atoms with Crippen LogP contribution in [0.5, 0.6) is 0 Å². The van der Waals surface area contributed by atoms with Crippen molar-refractivity contribution < 1.29 is 4.92 Å². The summed E-state index contributed by atoms with van der Waals surface area (Å²) in [6, 6.07) is 1.95. The summed E-state index contributed by atoms with van der Waals surface area (Å²) < 4.78 is 0. The third-order valence-electron chi connectivity index (χ3n) is 2.84. The van der Waals surface area contributed by atoms with Crippen molar-refractivity contribution in [3.8, 4) is 0 Å². The molecule has 1 N–H and O–H groups in total. The lowest BCUT2D eigenvalue weighted by Crippen LogP contribution is -2.10. The summed E-state index contributed by atoms with van der Waals surface area (Å²) >= 11 is 7.39. The van der Waals surface area contributed by atoms with Gasteiger partial charge in [0.1, 0.15) is 6.20 Å². The van der Waals surface area contributed by atoms with Gasteiger partial charge < -0.3 is 5.32 Å². The zero-order valence-corrected chi connectivity index (χ0v) is 12.7. The fourth-order valence-corrected chi connectivity index (χ4v) is 3.11. The molecule has 0 spiro atoms. The molecule has 0 saturated heterocycles. The lowest BCUT2D eigenvalue weighted by molar-refractivity contribution is -0.384. The van der Waals surface area contributed by atoms with Gasteiger partial charge in [-0.2, -0.15) is 4.98 Å². The van der Waals surface area contributed by atoms with E-state index >= 15 is 0 Å². The van der Waals surface area contributed by atoms with Crippen LogP contribution in [0, 0.1) is 24.0 Å². The first-order valence-electron chi connectivity index (χ1n) is 5.89. The third kappa shape index (κ3) is 3.05. The number of aromatic nitrogens is 2. The van der Waals surface area contributed by atoms with Crippen LogP contribution < -0.4 is 5.32 Å². The minimum Gasteiger partial charge on any atom is -0.358 e. The molecule has 20 heavy (non-hydrogen) atoms. The molecular formula is C12H13ClN4O2S. The van der Waals surface area contributed by atoms with Gasteiger partial charge in [-0.15, -0.1) is 11.3 Å². The van der Waals surface area contributed by atoms with Gasteiger partial charge in [-0.25, -0.2) is 4.98 Å². The topological polar surface area (TPSA) is 81.0 Å². The number of nitro groups is 1. The Morgan fingerprint density at radius 2 is 2.20 bits per heavy atom. The highest BCUT2D eigenvalue weighted by atomic mass is 35.5. The molecule has 2 aromatic heterocycles. The van der Waals surface area contributed by atoms with Crippen molar-refractivity contribution in [1.29, 1.82) is 0 Å². The number of halogens is 1. The summed E-state index contributed by atoms with van der Waals surface area (Å²) in [6.45, 7) is 5.97. The molecule has 1 atom stereocenters. The van der Waals surface area contributed by atoms with Gasteiger partial charge in [0.05, 0.1) is 11.0 Å². The Balaban J connectivity index is 2.32. The van der Waals surface area contributed by atoms with E-state index in [1.165, 1.54) is 9.75 Å². The number of nitrogens with zero attached hydrogens (tertiary/aromatic N) is 3. The van der Waals surface area contributed by atoms with Gasteiger partial charge in [0, 0.05) is 9.75 Å². The van der Waals surface area contributed by atoms with Gasteiger partial charge in [0.15, 0.2) is 0 Å². The van der Waals surface area contributed by atoms with Crippen molar-refractivity contribution in [1.82, 2.24) is 9.97 Å². The van der Waals surface area contributed by atoms with Gasteiger partial charge in [-0.1, -0.05) is 0 Å². The van der Waals surface area contributed by atoms with E-state index < -0.39 is 4.92 Å². The SMILES string of the molecule is Cc1cc(C(C)Nc2nc(Cl)ncc2[N+](=O)[O-])c(C)s1. The van der Waals surface area contributed by atoms with E-state index in [0.717, 1.165) is 11.8 Å². The molecule has 0 fully saturated rings. The quantitative estimate of drug-likeness (QED) is 0.526. The zero-order valence-electron chi connectivity index (χ0n) is 11.2. The molecule has 2 heterocycles. The van der Waals surface area contributed by atoms with Gasteiger partial charge in [-0.05, 0) is 44.0 Å². The Labute approximate surface area is 125 Å². The molecule has 0 aliphatic rings. The second kappa shape index (κ2) is 5.72. The maximum absolute atomic E-state index is 11.0. The molecule has 1 unspecified atom stereocenters. The molecule has 0 radical (unpaired) electrons. The smallest absolute Gasteiger partial charge is 0.329 e. The molecule has 106 valence electrons. The van der Waals surface area contributed by atoms with Gasteiger partial charge in [0.2, 0.25) is 11.1 Å². The first-order valence-corrected chi connectivity index (χ1v) is 7.08. The summed E-state index contributed by atoms with van der Waals surface area (Å²) in [7, 11) is 0. The average molecular weight is 313 g/mol. The van der Waals surface area contributed by atoms with Crippen molar-refractivity contribution in [3.05, 3.63) is 43.0 Å². The number of nitrogens with one attached hydrogen (secondary N) is 1. The zero-order chi connectivity index (χ0) is 14.9. The third-order valence-corrected chi connectivity index (χ3v) is 4.00. The Morgan fingerprint density at radius 3 is 2.75 bits per heavy atom. The second-order valence-electron chi connectivity index (χ2n) is 4.36. The van der Waals surface area contributed by atoms with E-state index in [1.54, 1.807) is 11.3 Å². The summed E-state index contributed by atoms with van der Waals surface area (Å²) in [6.07, 6.45) is 1.11. The standard InChI is InChI=1S/C12H13ClN4O2S/c1-6-4-9(8(3)20-6)7(2)15-11-10(17(18)19)5-14-12(13)16-11/h4-5,7H,1-3H3,(H,14,15,16). The fourth-order valence-electron chi connectivity index (χ4n) is 1.96. The average Bonchev–Trinajstić information content (AvgIpc) is 2.68. The number of anilines is 1. The van der Waals surface area contributed by atoms with Crippen LogP contribution in [-0.4, -0.2) is 14.9 Å². The molecule has 8 heteroatoms. The highest BCUT2D eigenvalue weighted by molar-refractivity contribution is 7.12. The summed E-state index contributed by atoms with van der Waals surface area (Å²) in [5, 5.41) is 14.0. The Bertz CT molecular complexity index is 659. The fraction of sp³-hybridized carbons (Fsp3) is 0.333. The van der Waals surface area contributed by atoms with Crippen LogP contribution in [0.25, 0.3) is 0 Å². The van der Waals surface area contributed by atoms with E-state index in [0.29, 0.717) is 0 Å². The number of hydrogen-bond donors (Lipinski definition) is 1. The highest BCUT2D eigenvalue weighted by Crippen LogP contribution is 2.31. The van der Waals surface area contributed by atoms with E-state index in [4.69, 9.17) is 11.6 Å². The molecule has 0 aliphatic heterocycles. The molecule has 2 aromatic rings. The second-order valence-corrected chi connectivity index (χ2v) is 6.16. The lowest BCUT2D eigenvalue weighted by Gasteiger charge is -2.14. The van der Waals surface area contributed by atoms with E-state index in [-0.39, 0.29) is 22.8 Å². The van der Waals surface area contributed by atoms with Crippen LogP contribution in [0.1, 0.15) is 28.3 Å². The number of rotatable bonds is 4. The maximum atomic E-state index is 11.0. The van der Waals surface area contributed by atoms with E-state index in [1.807, 2.05) is 20.8 Å². The number of thiophene rings is 1. The summed E-state index contributed by atoms with van der Waals surface area (Å²) in [5.41, 5.74) is 0.905. The number of hydrogen-bond acceptors (Lipinski definition) is 6. The van der Waals surface area contributed by atoms with Crippen LogP contribution >= 0.6 is 22.9 Å². The predicted molar refractivity (Wildman–Crippen MR) is 79.5 cm³/mol. The highest BCUT2D eigenvalue weighted by Gasteiger charge is 2.20. The van der Waals surface area contributed by atoms with Crippen molar-refractivity contribution in [3.63, 3.8) is 0 Å². The van der Waals surface area contributed by atoms with Crippen LogP contribution in [0.15, 0.2) is 12.3 Å². The van der Waals surface area contributed by atoms with Crippen LogP contribution in [0.3, 0.4) is 0 Å². The predicted octanol–water partition coefficient (Wildman–Crippen LogP) is 3.89. The molecule has 2 rings (SSSR count). The van der Waals surface area contributed by atoms with Crippen LogP contribution in [-0.2, 0) is 0 Å². The summed E-state index contributed by atoms with van der Waals surface area (Å²) in [5.74, 6) is 0.130. The van der Waals surface area contributed by atoms with Crippen molar-refractivity contribution in [2.45, 2.75) is 26.8 Å². The van der Waals surface area contributed by atoms with Gasteiger partial charge in [-0.3, -0.25) is 10.1 Å². The van der Waals surface area contributed by atoms with Crippen molar-refractivity contribution in [2.24, 2.45) is 0 Å². The minimum atomic E-state index is -0.531. The minimum absolute atomic E-state index is 0.0245. The summed E-state index contributed by atoms with van der Waals surface area (Å²) in [4.78, 5) is 20.3. The molecule has 0 aliphatic carbocycles. The maximum Gasteiger partial charge on any atom is 0.329 e. The Kier molecular flexibility index (Phi) is 4.20. The first kappa shape index (κ1) is 14.7. The molecule has 6 nitrogen and oxygen atoms in total. The molecular weight excluding hydrogens is 300 g/mol. The van der Waals surface area contributed by atoms with E-state index in [2.05, 4.69) is 21.4 Å². The molecule has 0 amide bonds. The monoisotopic (exact) mass is 312 g/mol. The Morgan fingerprint density at radius 1 is 1.50 bits per heavy atom. The van der Waals surface area contributed by atoms with Gasteiger partial charge >= 0.3 is 5.69 Å². The number of aryl methyl sites for hydroxylation is 2. The van der Waals surface area contributed by atoms with Crippen LogP contribution in [0.4, 0.5) is 11.5 Å². The van der Waals surface area contributed by atoms with Crippen molar-refractivity contribution in [2.75, 3.05) is 5.32 Å². The van der Waals surface area contributed by atoms with Crippen LogP contribution in [0.2, 0.25) is 5.28 Å². The molecule has 0 aromatic carbocycles. The van der Waals surface area contributed by atoms with E-state index in [9.17, 15) is 10.1 Å². The normalized spacial score (nSPS) is 12.2. The van der Waals surface area contributed by atoms with Crippen molar-refractivity contribution >= 4 is 34.4 Å².